The van der Waals surface area contributed by atoms with Gasteiger partial charge in [-0.25, -0.2) is 0 Å². The number of aliphatic carboxylic acids is 1. The molecule has 0 spiro atoms. The minimum Gasteiger partial charge on any atom is -0.481 e. The van der Waals surface area contributed by atoms with Crippen LogP contribution in [-0.4, -0.2) is 23.7 Å². The summed E-state index contributed by atoms with van der Waals surface area (Å²) in [7, 11) is 0. The molecule has 74 valence electrons. The topological polar surface area (TPSA) is 49.3 Å². The lowest BCUT2D eigenvalue weighted by Gasteiger charge is -2.10. The monoisotopic (exact) mass is 183 g/mol. The van der Waals surface area contributed by atoms with Gasteiger partial charge in [0.25, 0.3) is 0 Å². The van der Waals surface area contributed by atoms with Crippen LogP contribution < -0.4 is 5.32 Å². The van der Waals surface area contributed by atoms with Crippen molar-refractivity contribution in [3.05, 3.63) is 0 Å². The van der Waals surface area contributed by atoms with Crippen molar-refractivity contribution in [2.75, 3.05) is 6.54 Å². The van der Waals surface area contributed by atoms with Crippen molar-refractivity contribution in [3.63, 3.8) is 0 Å². The van der Waals surface area contributed by atoms with Crippen LogP contribution in [0, 0.1) is 11.8 Å². The Morgan fingerprint density at radius 1 is 1.38 bits per heavy atom. The number of hydrogen-bond donors (Lipinski definition) is 2. The Morgan fingerprint density at radius 3 is 2.62 bits per heavy atom. The second-order valence-electron chi connectivity index (χ2n) is 4.33. The number of rotatable bonds is 4. The van der Waals surface area contributed by atoms with Crippen molar-refractivity contribution < 1.29 is 9.90 Å². The molecule has 2 saturated carbocycles. The van der Waals surface area contributed by atoms with Crippen molar-refractivity contribution in [1.82, 2.24) is 5.32 Å². The van der Waals surface area contributed by atoms with E-state index in [-0.39, 0.29) is 5.92 Å². The zero-order chi connectivity index (χ0) is 9.26. The second-order valence-corrected chi connectivity index (χ2v) is 4.33. The van der Waals surface area contributed by atoms with Gasteiger partial charge in [-0.1, -0.05) is 12.8 Å². The molecule has 0 aliphatic heterocycles. The molecule has 0 amide bonds. The third kappa shape index (κ3) is 2.21. The van der Waals surface area contributed by atoms with Gasteiger partial charge in [-0.15, -0.1) is 0 Å². The molecular weight excluding hydrogens is 166 g/mol. The molecule has 2 aliphatic carbocycles. The maximum atomic E-state index is 10.5. The van der Waals surface area contributed by atoms with E-state index in [1.54, 1.807) is 0 Å². The molecule has 0 aromatic rings. The number of carboxylic acids is 1. The zero-order valence-electron chi connectivity index (χ0n) is 7.83. The van der Waals surface area contributed by atoms with E-state index < -0.39 is 5.97 Å². The molecule has 2 rings (SSSR count). The largest absolute Gasteiger partial charge is 0.481 e. The Bertz CT molecular complexity index is 199. The maximum absolute atomic E-state index is 10.5. The highest BCUT2D eigenvalue weighted by Gasteiger charge is 2.42. The van der Waals surface area contributed by atoms with Crippen LogP contribution in [0.3, 0.4) is 0 Å². The van der Waals surface area contributed by atoms with Gasteiger partial charge in [0.1, 0.15) is 0 Å². The fourth-order valence-corrected chi connectivity index (χ4v) is 2.22. The fourth-order valence-electron chi connectivity index (χ4n) is 2.22. The molecule has 2 N–H and O–H groups in total. The fraction of sp³-hybridized carbons (Fsp3) is 0.900. The van der Waals surface area contributed by atoms with E-state index in [9.17, 15) is 4.79 Å². The van der Waals surface area contributed by atoms with Gasteiger partial charge in [-0.05, 0) is 31.7 Å². The lowest BCUT2D eigenvalue weighted by Crippen LogP contribution is -2.28. The first kappa shape index (κ1) is 9.00. The van der Waals surface area contributed by atoms with Crippen LogP contribution in [0.1, 0.15) is 32.1 Å². The number of nitrogens with one attached hydrogen (secondary N) is 1. The lowest BCUT2D eigenvalue weighted by atomic mass is 10.2. The summed E-state index contributed by atoms with van der Waals surface area (Å²) in [4.78, 5) is 10.5. The van der Waals surface area contributed by atoms with Crippen LogP contribution in [-0.2, 0) is 4.79 Å². The molecule has 0 bridgehead atoms. The van der Waals surface area contributed by atoms with Crippen LogP contribution in [0.2, 0.25) is 0 Å². The molecule has 0 saturated heterocycles. The third-order valence-electron chi connectivity index (χ3n) is 3.26. The normalized spacial score (nSPS) is 33.5. The van der Waals surface area contributed by atoms with Crippen molar-refractivity contribution in [3.8, 4) is 0 Å². The maximum Gasteiger partial charge on any atom is 0.306 e. The zero-order valence-corrected chi connectivity index (χ0v) is 7.83. The quantitative estimate of drug-likeness (QED) is 0.689. The summed E-state index contributed by atoms with van der Waals surface area (Å²) in [5.74, 6) is -0.245. The summed E-state index contributed by atoms with van der Waals surface area (Å²) < 4.78 is 0. The van der Waals surface area contributed by atoms with E-state index >= 15 is 0 Å². The molecule has 0 aromatic carbocycles. The molecular formula is C10H17NO2. The Morgan fingerprint density at radius 2 is 2.08 bits per heavy atom. The Kier molecular flexibility index (Phi) is 2.54. The van der Waals surface area contributed by atoms with Gasteiger partial charge in [0.2, 0.25) is 0 Å². The van der Waals surface area contributed by atoms with E-state index in [0.29, 0.717) is 12.0 Å². The van der Waals surface area contributed by atoms with Gasteiger partial charge in [-0.2, -0.15) is 0 Å². The van der Waals surface area contributed by atoms with Crippen LogP contribution in [0.4, 0.5) is 0 Å². The van der Waals surface area contributed by atoms with E-state index in [2.05, 4.69) is 5.32 Å². The van der Waals surface area contributed by atoms with Gasteiger partial charge in [0.05, 0.1) is 5.92 Å². The smallest absolute Gasteiger partial charge is 0.306 e. The number of hydrogen-bond acceptors (Lipinski definition) is 2. The highest BCUT2D eigenvalue weighted by Crippen LogP contribution is 2.38. The van der Waals surface area contributed by atoms with E-state index in [1.165, 1.54) is 25.7 Å². The van der Waals surface area contributed by atoms with Gasteiger partial charge >= 0.3 is 5.97 Å². The van der Waals surface area contributed by atoms with Crippen LogP contribution in [0.15, 0.2) is 0 Å². The predicted octanol–water partition coefficient (Wildman–Crippen LogP) is 1.24. The highest BCUT2D eigenvalue weighted by atomic mass is 16.4. The number of carbonyl (C=O) groups is 1. The Balaban J connectivity index is 1.62. The predicted molar refractivity (Wildman–Crippen MR) is 49.5 cm³/mol. The van der Waals surface area contributed by atoms with E-state index in [0.717, 1.165) is 13.0 Å². The molecule has 2 unspecified atom stereocenters. The lowest BCUT2D eigenvalue weighted by molar-refractivity contribution is -0.138. The van der Waals surface area contributed by atoms with Crippen LogP contribution in [0.25, 0.3) is 0 Å². The highest BCUT2D eigenvalue weighted by molar-refractivity contribution is 5.73. The first-order valence-corrected chi connectivity index (χ1v) is 5.23. The summed E-state index contributed by atoms with van der Waals surface area (Å²) >= 11 is 0. The van der Waals surface area contributed by atoms with Crippen molar-refractivity contribution in [2.45, 2.75) is 38.1 Å². The SMILES string of the molecule is O=C(O)C1CC1CNC1CCCC1. The van der Waals surface area contributed by atoms with Gasteiger partial charge in [0, 0.05) is 6.04 Å². The van der Waals surface area contributed by atoms with E-state index in [4.69, 9.17) is 5.11 Å². The molecule has 0 aromatic heterocycles. The molecule has 0 heterocycles. The molecule has 3 heteroatoms. The van der Waals surface area contributed by atoms with Crippen molar-refractivity contribution in [2.24, 2.45) is 11.8 Å². The first-order valence-electron chi connectivity index (χ1n) is 5.23. The Hall–Kier alpha value is -0.570. The average Bonchev–Trinajstić information content (AvgIpc) is 2.70. The Labute approximate surface area is 78.5 Å². The third-order valence-corrected chi connectivity index (χ3v) is 3.26. The first-order chi connectivity index (χ1) is 6.27. The van der Waals surface area contributed by atoms with Gasteiger partial charge in [-0.3, -0.25) is 4.79 Å². The molecule has 0 radical (unpaired) electrons. The standard InChI is InChI=1S/C10H17NO2/c12-10(13)9-5-7(9)6-11-8-3-1-2-4-8/h7-9,11H,1-6H2,(H,12,13). The molecule has 2 aliphatic rings. The minimum atomic E-state index is -0.613. The van der Waals surface area contributed by atoms with Crippen LogP contribution >= 0.6 is 0 Å². The summed E-state index contributed by atoms with van der Waals surface area (Å²) in [6.45, 7) is 0.918. The van der Waals surface area contributed by atoms with Gasteiger partial charge in [0.15, 0.2) is 0 Å². The van der Waals surface area contributed by atoms with Gasteiger partial charge < -0.3 is 10.4 Å². The average molecular weight is 183 g/mol. The van der Waals surface area contributed by atoms with Crippen LogP contribution in [0.5, 0.6) is 0 Å². The summed E-state index contributed by atoms with van der Waals surface area (Å²) in [5.41, 5.74) is 0. The minimum absolute atomic E-state index is 0.0473. The van der Waals surface area contributed by atoms with Crippen molar-refractivity contribution in [1.29, 1.82) is 0 Å². The molecule has 2 fully saturated rings. The molecule has 13 heavy (non-hydrogen) atoms. The summed E-state index contributed by atoms with van der Waals surface area (Å²) in [6, 6.07) is 0.676. The summed E-state index contributed by atoms with van der Waals surface area (Å²) in [5, 5.41) is 12.2. The second kappa shape index (κ2) is 3.66. The number of carboxylic acid groups (broad SMARTS) is 1. The molecule has 3 nitrogen and oxygen atoms in total. The van der Waals surface area contributed by atoms with E-state index in [1.807, 2.05) is 0 Å². The van der Waals surface area contributed by atoms with Crippen molar-refractivity contribution >= 4 is 5.97 Å². The molecule has 2 atom stereocenters. The summed E-state index contributed by atoms with van der Waals surface area (Å²) in [6.07, 6.45) is 6.12.